The van der Waals surface area contributed by atoms with Gasteiger partial charge in [-0.05, 0) is 24.8 Å². The SMILES string of the molecule is COC1=NC(C/C=C/c2ccccc2)CCCC1. The van der Waals surface area contributed by atoms with Crippen LogP contribution in [0.5, 0.6) is 0 Å². The Hall–Kier alpha value is -1.57. The standard InChI is InChI=1S/C16H21NO/c1-18-16-13-6-5-11-15(17-16)12-7-10-14-8-3-2-4-9-14/h2-4,7-10,15H,5-6,11-13H2,1H3/b10-7+. The van der Waals surface area contributed by atoms with Gasteiger partial charge in [0.05, 0.1) is 13.2 Å². The van der Waals surface area contributed by atoms with Crippen molar-refractivity contribution in [2.45, 2.75) is 38.1 Å². The Labute approximate surface area is 109 Å². The highest BCUT2D eigenvalue weighted by atomic mass is 16.5. The molecule has 0 radical (unpaired) electrons. The molecule has 0 N–H and O–H groups in total. The van der Waals surface area contributed by atoms with Crippen molar-refractivity contribution in [1.82, 2.24) is 0 Å². The van der Waals surface area contributed by atoms with E-state index in [9.17, 15) is 0 Å². The highest BCUT2D eigenvalue weighted by Crippen LogP contribution is 2.17. The summed E-state index contributed by atoms with van der Waals surface area (Å²) in [5.41, 5.74) is 1.25. The first-order chi connectivity index (χ1) is 8.88. The van der Waals surface area contributed by atoms with Gasteiger partial charge >= 0.3 is 0 Å². The van der Waals surface area contributed by atoms with E-state index in [0.29, 0.717) is 6.04 Å². The minimum absolute atomic E-state index is 0.391. The number of rotatable bonds is 3. The summed E-state index contributed by atoms with van der Waals surface area (Å²) in [4.78, 5) is 4.67. The predicted molar refractivity (Wildman–Crippen MR) is 76.8 cm³/mol. The molecule has 2 heteroatoms. The topological polar surface area (TPSA) is 21.6 Å². The largest absolute Gasteiger partial charge is 0.484 e. The van der Waals surface area contributed by atoms with Gasteiger partial charge in [-0.25, -0.2) is 0 Å². The van der Waals surface area contributed by atoms with Crippen LogP contribution in [0.15, 0.2) is 41.4 Å². The lowest BCUT2D eigenvalue weighted by Crippen LogP contribution is -2.06. The molecule has 2 nitrogen and oxygen atoms in total. The van der Waals surface area contributed by atoms with E-state index in [-0.39, 0.29) is 0 Å². The van der Waals surface area contributed by atoms with E-state index in [0.717, 1.165) is 18.7 Å². The summed E-state index contributed by atoms with van der Waals surface area (Å²) < 4.78 is 5.29. The third-order valence-electron chi connectivity index (χ3n) is 3.26. The van der Waals surface area contributed by atoms with Crippen LogP contribution in [-0.4, -0.2) is 19.0 Å². The summed E-state index contributed by atoms with van der Waals surface area (Å²) in [5, 5.41) is 0. The Morgan fingerprint density at radius 2 is 2.11 bits per heavy atom. The average molecular weight is 243 g/mol. The van der Waals surface area contributed by atoms with Crippen LogP contribution in [0.1, 0.15) is 37.7 Å². The van der Waals surface area contributed by atoms with Gasteiger partial charge in [-0.1, -0.05) is 48.9 Å². The molecule has 0 spiro atoms. The molecule has 1 aromatic carbocycles. The first-order valence-electron chi connectivity index (χ1n) is 6.71. The highest BCUT2D eigenvalue weighted by Gasteiger charge is 2.12. The zero-order valence-electron chi connectivity index (χ0n) is 11.0. The van der Waals surface area contributed by atoms with E-state index in [4.69, 9.17) is 4.74 Å². The molecule has 1 atom stereocenters. The zero-order chi connectivity index (χ0) is 12.6. The molecule has 1 unspecified atom stereocenters. The smallest absolute Gasteiger partial charge is 0.183 e. The minimum Gasteiger partial charge on any atom is -0.484 e. The molecule has 1 heterocycles. The van der Waals surface area contributed by atoms with Crippen LogP contribution in [0.3, 0.4) is 0 Å². The Morgan fingerprint density at radius 3 is 2.89 bits per heavy atom. The van der Waals surface area contributed by atoms with Crippen molar-refractivity contribution in [3.63, 3.8) is 0 Å². The molecule has 0 bridgehead atoms. The fraction of sp³-hybridized carbons (Fsp3) is 0.438. The van der Waals surface area contributed by atoms with E-state index in [1.165, 1.54) is 24.8 Å². The Bertz CT molecular complexity index is 408. The molecule has 0 aliphatic carbocycles. The maximum Gasteiger partial charge on any atom is 0.183 e. The molecule has 0 fully saturated rings. The van der Waals surface area contributed by atoms with E-state index in [2.05, 4.69) is 41.4 Å². The molecule has 18 heavy (non-hydrogen) atoms. The summed E-state index contributed by atoms with van der Waals surface area (Å²) in [5.74, 6) is 0.922. The van der Waals surface area contributed by atoms with Gasteiger partial charge in [0.1, 0.15) is 0 Å². The van der Waals surface area contributed by atoms with Crippen molar-refractivity contribution in [3.05, 3.63) is 42.0 Å². The summed E-state index contributed by atoms with van der Waals surface area (Å²) in [7, 11) is 1.72. The second-order valence-electron chi connectivity index (χ2n) is 4.68. The van der Waals surface area contributed by atoms with E-state index in [1.54, 1.807) is 7.11 Å². The van der Waals surface area contributed by atoms with Crippen LogP contribution < -0.4 is 0 Å². The van der Waals surface area contributed by atoms with Crippen LogP contribution in [0.2, 0.25) is 0 Å². The molecule has 1 aliphatic rings. The molecule has 2 rings (SSSR count). The van der Waals surface area contributed by atoms with Gasteiger partial charge in [0, 0.05) is 6.42 Å². The van der Waals surface area contributed by atoms with Crippen molar-refractivity contribution >= 4 is 12.0 Å². The first-order valence-corrected chi connectivity index (χ1v) is 6.71. The second kappa shape index (κ2) is 7.00. The number of benzene rings is 1. The monoisotopic (exact) mass is 243 g/mol. The van der Waals surface area contributed by atoms with Gasteiger partial charge in [-0.15, -0.1) is 0 Å². The lowest BCUT2D eigenvalue weighted by Gasteiger charge is -2.08. The van der Waals surface area contributed by atoms with Crippen LogP contribution in [0, 0.1) is 0 Å². The van der Waals surface area contributed by atoms with Gasteiger partial charge in [0.25, 0.3) is 0 Å². The van der Waals surface area contributed by atoms with Crippen molar-refractivity contribution in [1.29, 1.82) is 0 Å². The number of aliphatic imine (C=N–C) groups is 1. The van der Waals surface area contributed by atoms with Crippen molar-refractivity contribution in [2.24, 2.45) is 4.99 Å². The maximum absolute atomic E-state index is 5.29. The quantitative estimate of drug-likeness (QED) is 0.784. The maximum atomic E-state index is 5.29. The molecule has 0 amide bonds. The fourth-order valence-corrected chi connectivity index (χ4v) is 2.24. The lowest BCUT2D eigenvalue weighted by molar-refractivity contribution is 0.386. The van der Waals surface area contributed by atoms with Gasteiger partial charge in [-0.2, -0.15) is 0 Å². The van der Waals surface area contributed by atoms with Gasteiger partial charge in [0.15, 0.2) is 5.90 Å². The number of hydrogen-bond donors (Lipinski definition) is 0. The highest BCUT2D eigenvalue weighted by molar-refractivity contribution is 5.76. The van der Waals surface area contributed by atoms with Crippen molar-refractivity contribution < 1.29 is 4.74 Å². The van der Waals surface area contributed by atoms with E-state index in [1.807, 2.05) is 6.07 Å². The van der Waals surface area contributed by atoms with Gasteiger partial charge in [-0.3, -0.25) is 4.99 Å². The fourth-order valence-electron chi connectivity index (χ4n) is 2.24. The molecular weight excluding hydrogens is 222 g/mol. The number of nitrogens with zero attached hydrogens (tertiary/aromatic N) is 1. The molecule has 0 saturated carbocycles. The van der Waals surface area contributed by atoms with Gasteiger partial charge < -0.3 is 4.74 Å². The normalized spacial score (nSPS) is 20.5. The van der Waals surface area contributed by atoms with Gasteiger partial charge in [0.2, 0.25) is 0 Å². The second-order valence-corrected chi connectivity index (χ2v) is 4.68. The Kier molecular flexibility index (Phi) is 5.00. The third kappa shape index (κ3) is 4.02. The average Bonchev–Trinajstić information content (AvgIpc) is 2.65. The number of ether oxygens (including phenoxy) is 1. The van der Waals surface area contributed by atoms with Crippen LogP contribution in [0.4, 0.5) is 0 Å². The molecule has 1 aromatic rings. The molecule has 96 valence electrons. The minimum atomic E-state index is 0.391. The zero-order valence-corrected chi connectivity index (χ0v) is 11.0. The summed E-state index contributed by atoms with van der Waals surface area (Å²) in [6.07, 6.45) is 10.0. The first kappa shape index (κ1) is 12.9. The van der Waals surface area contributed by atoms with Crippen LogP contribution in [0.25, 0.3) is 6.08 Å². The third-order valence-corrected chi connectivity index (χ3v) is 3.26. The number of methoxy groups -OCH3 is 1. The Balaban J connectivity index is 1.91. The van der Waals surface area contributed by atoms with Crippen LogP contribution in [-0.2, 0) is 4.74 Å². The molecule has 0 aromatic heterocycles. The molecule has 1 aliphatic heterocycles. The van der Waals surface area contributed by atoms with E-state index < -0.39 is 0 Å². The summed E-state index contributed by atoms with van der Waals surface area (Å²) >= 11 is 0. The molecule has 0 saturated heterocycles. The summed E-state index contributed by atoms with van der Waals surface area (Å²) in [6, 6.07) is 10.8. The summed E-state index contributed by atoms with van der Waals surface area (Å²) in [6.45, 7) is 0. The van der Waals surface area contributed by atoms with Crippen molar-refractivity contribution in [3.8, 4) is 0 Å². The lowest BCUT2D eigenvalue weighted by atomic mass is 10.1. The predicted octanol–water partition coefficient (Wildman–Crippen LogP) is 4.08. The van der Waals surface area contributed by atoms with Crippen molar-refractivity contribution in [2.75, 3.05) is 7.11 Å². The molecular formula is C16H21NO. The number of hydrogen-bond acceptors (Lipinski definition) is 2. The van der Waals surface area contributed by atoms with E-state index >= 15 is 0 Å². The van der Waals surface area contributed by atoms with Crippen LogP contribution >= 0.6 is 0 Å². The Morgan fingerprint density at radius 1 is 1.28 bits per heavy atom.